The van der Waals surface area contributed by atoms with Crippen LogP contribution in [0.25, 0.3) is 22.1 Å². The molecule has 204 valence electrons. The quantitative estimate of drug-likeness (QED) is 0.181. The number of fused-ring (bicyclic) bond motifs is 2. The summed E-state index contributed by atoms with van der Waals surface area (Å²) in [5.41, 5.74) is 10.0. The number of nitrogens with two attached hydrogens (primary N) is 1. The van der Waals surface area contributed by atoms with Gasteiger partial charge in [-0.1, -0.05) is 24.3 Å². The van der Waals surface area contributed by atoms with Gasteiger partial charge in [-0.05, 0) is 60.8 Å². The summed E-state index contributed by atoms with van der Waals surface area (Å²) in [4.78, 5) is 22.5. The second kappa shape index (κ2) is 9.74. The minimum Gasteiger partial charge on any atom is -0.456 e. The molecule has 1 aliphatic heterocycles. The van der Waals surface area contributed by atoms with Gasteiger partial charge in [-0.3, -0.25) is 4.79 Å². The second-order valence-electron chi connectivity index (χ2n) is 9.78. The van der Waals surface area contributed by atoms with E-state index < -0.39 is 23.1 Å². The Morgan fingerprint density at radius 3 is 2.56 bits per heavy atom. The molecule has 0 fully saturated rings. The van der Waals surface area contributed by atoms with Crippen molar-refractivity contribution < 1.29 is 17.8 Å². The SMILES string of the molecule is CNc1cc(C2=[N+](C(C)c3oc4cccc(F)c4c(=O)c3-c3cccc(F)c3)c3ncnc(N)c32)ccc1C(C)=N. The van der Waals surface area contributed by atoms with Crippen LogP contribution >= 0.6 is 0 Å². The van der Waals surface area contributed by atoms with E-state index in [1.165, 1.54) is 42.7 Å². The maximum atomic E-state index is 14.9. The van der Waals surface area contributed by atoms with Crippen LogP contribution in [0, 0.1) is 17.0 Å². The van der Waals surface area contributed by atoms with E-state index in [-0.39, 0.29) is 33.7 Å². The minimum absolute atomic E-state index is 0.0510. The van der Waals surface area contributed by atoms with Crippen molar-refractivity contribution in [2.24, 2.45) is 0 Å². The van der Waals surface area contributed by atoms with Crippen molar-refractivity contribution in [1.82, 2.24) is 9.97 Å². The second-order valence-corrected chi connectivity index (χ2v) is 9.78. The van der Waals surface area contributed by atoms with Gasteiger partial charge in [0.15, 0.2) is 23.1 Å². The third kappa shape index (κ3) is 4.07. The van der Waals surface area contributed by atoms with E-state index in [1.54, 1.807) is 20.0 Å². The van der Waals surface area contributed by atoms with Gasteiger partial charge in [0, 0.05) is 29.6 Å². The van der Waals surface area contributed by atoms with Gasteiger partial charge in [-0.25, -0.2) is 13.4 Å². The predicted octanol–water partition coefficient (Wildman–Crippen LogP) is 5.80. The van der Waals surface area contributed by atoms with Crippen molar-refractivity contribution in [3.05, 3.63) is 111 Å². The summed E-state index contributed by atoms with van der Waals surface area (Å²) < 4.78 is 37.4. The first-order valence-corrected chi connectivity index (χ1v) is 12.9. The summed E-state index contributed by atoms with van der Waals surface area (Å²) in [6.07, 6.45) is 1.35. The molecule has 3 heterocycles. The molecule has 0 bridgehead atoms. The molecule has 10 heteroatoms. The van der Waals surface area contributed by atoms with Crippen LogP contribution in [0.4, 0.5) is 26.1 Å². The topological polar surface area (TPSA) is 121 Å². The first kappa shape index (κ1) is 26.0. The summed E-state index contributed by atoms with van der Waals surface area (Å²) in [7, 11) is 1.77. The van der Waals surface area contributed by atoms with Crippen molar-refractivity contribution in [2.45, 2.75) is 19.9 Å². The van der Waals surface area contributed by atoms with Gasteiger partial charge in [0.1, 0.15) is 28.4 Å². The molecular weight excluding hydrogens is 526 g/mol. The molecule has 1 atom stereocenters. The Kier molecular flexibility index (Phi) is 6.18. The fraction of sp³-hybridized carbons (Fsp3) is 0.129. The molecule has 0 aliphatic carbocycles. The number of rotatable bonds is 6. The van der Waals surface area contributed by atoms with Crippen molar-refractivity contribution in [2.75, 3.05) is 18.1 Å². The highest BCUT2D eigenvalue weighted by Crippen LogP contribution is 2.42. The van der Waals surface area contributed by atoms with Crippen molar-refractivity contribution in [1.29, 1.82) is 5.41 Å². The van der Waals surface area contributed by atoms with E-state index >= 15 is 0 Å². The van der Waals surface area contributed by atoms with Crippen LogP contribution in [0.2, 0.25) is 0 Å². The Balaban J connectivity index is 1.65. The molecule has 5 aromatic rings. The number of benzene rings is 3. The Labute approximate surface area is 233 Å². The van der Waals surface area contributed by atoms with Crippen LogP contribution in [-0.2, 0) is 0 Å². The minimum atomic E-state index is -0.726. The third-order valence-electron chi connectivity index (χ3n) is 7.30. The molecule has 8 nitrogen and oxygen atoms in total. The smallest absolute Gasteiger partial charge is 0.341 e. The van der Waals surface area contributed by atoms with Crippen LogP contribution in [0.5, 0.6) is 0 Å². The van der Waals surface area contributed by atoms with E-state index in [0.29, 0.717) is 22.8 Å². The molecule has 0 amide bonds. The van der Waals surface area contributed by atoms with Crippen molar-refractivity contribution in [3.63, 3.8) is 0 Å². The van der Waals surface area contributed by atoms with E-state index in [0.717, 1.165) is 16.8 Å². The van der Waals surface area contributed by atoms with Crippen molar-refractivity contribution >= 4 is 39.7 Å². The number of anilines is 2. The molecule has 4 N–H and O–H groups in total. The molecule has 1 unspecified atom stereocenters. The van der Waals surface area contributed by atoms with Gasteiger partial charge in [-0.15, -0.1) is 0 Å². The first-order valence-electron chi connectivity index (χ1n) is 12.9. The fourth-order valence-corrected chi connectivity index (χ4v) is 5.40. The molecule has 41 heavy (non-hydrogen) atoms. The summed E-state index contributed by atoms with van der Waals surface area (Å²) in [6, 6.07) is 14.7. The lowest BCUT2D eigenvalue weighted by atomic mass is 9.92. The number of nitrogen functional groups attached to an aromatic ring is 1. The molecular formula is C31H25F2N6O2+. The van der Waals surface area contributed by atoms with E-state index in [2.05, 4.69) is 15.3 Å². The van der Waals surface area contributed by atoms with Gasteiger partial charge in [0.2, 0.25) is 11.8 Å². The summed E-state index contributed by atoms with van der Waals surface area (Å²) >= 11 is 0. The molecule has 2 aromatic heterocycles. The van der Waals surface area contributed by atoms with Gasteiger partial charge in [-0.2, -0.15) is 4.98 Å². The average molecular weight is 552 g/mol. The monoisotopic (exact) mass is 551 g/mol. The fourth-order valence-electron chi connectivity index (χ4n) is 5.40. The number of hydrogen-bond donors (Lipinski definition) is 3. The summed E-state index contributed by atoms with van der Waals surface area (Å²) in [5.74, 6) is -0.266. The van der Waals surface area contributed by atoms with Gasteiger partial charge >= 0.3 is 5.82 Å². The van der Waals surface area contributed by atoms with E-state index in [9.17, 15) is 13.6 Å². The van der Waals surface area contributed by atoms with E-state index in [4.69, 9.17) is 15.6 Å². The highest BCUT2D eigenvalue weighted by atomic mass is 19.1. The van der Waals surface area contributed by atoms with Crippen LogP contribution in [-0.4, -0.2) is 33.0 Å². The van der Waals surface area contributed by atoms with E-state index in [1.807, 2.05) is 29.7 Å². The highest BCUT2D eigenvalue weighted by Gasteiger charge is 2.44. The van der Waals surface area contributed by atoms with Crippen LogP contribution < -0.4 is 16.5 Å². The Morgan fingerprint density at radius 1 is 1.05 bits per heavy atom. The zero-order chi connectivity index (χ0) is 29.0. The lowest BCUT2D eigenvalue weighted by molar-refractivity contribution is -0.504. The zero-order valence-corrected chi connectivity index (χ0v) is 22.4. The van der Waals surface area contributed by atoms with Gasteiger partial charge in [0.25, 0.3) is 0 Å². The lowest BCUT2D eigenvalue weighted by Crippen LogP contribution is -2.35. The molecule has 1 aliphatic rings. The third-order valence-corrected chi connectivity index (χ3v) is 7.30. The standard InChI is InChI=1S/C31H24F2N6O2/c1-15(34)20-11-10-18(13-22(20)36-3)27-26-30(35)37-14-38-31(26)39(27)16(2)29-24(17-6-4-7-19(32)12-17)28(40)25-21(33)8-5-9-23(25)41-29/h4-14,16,35H,1-3H3,(H2,34,36)/p+1. The normalized spacial score (nSPS) is 13.1. The summed E-state index contributed by atoms with van der Waals surface area (Å²) in [5, 5.41) is 11.0. The number of hydrogen-bond acceptors (Lipinski definition) is 7. The maximum Gasteiger partial charge on any atom is 0.341 e. The highest BCUT2D eigenvalue weighted by molar-refractivity contribution is 6.19. The average Bonchev–Trinajstić information content (AvgIpc) is 2.93. The number of aromatic nitrogens is 2. The zero-order valence-electron chi connectivity index (χ0n) is 22.4. The predicted molar refractivity (Wildman–Crippen MR) is 154 cm³/mol. The number of nitrogens with one attached hydrogen (secondary N) is 2. The maximum absolute atomic E-state index is 14.9. The lowest BCUT2D eigenvalue weighted by Gasteiger charge is -2.27. The molecule has 0 saturated heterocycles. The molecule has 6 rings (SSSR count). The first-order chi connectivity index (χ1) is 19.7. The van der Waals surface area contributed by atoms with Gasteiger partial charge in [0.05, 0.1) is 5.56 Å². The largest absolute Gasteiger partial charge is 0.456 e. The van der Waals surface area contributed by atoms with Crippen molar-refractivity contribution in [3.8, 4) is 11.1 Å². The van der Waals surface area contributed by atoms with Gasteiger partial charge < -0.3 is 20.9 Å². The molecule has 0 spiro atoms. The number of halogens is 2. The number of nitrogens with zero attached hydrogens (tertiary/aromatic N) is 3. The van der Waals surface area contributed by atoms with Crippen LogP contribution in [0.3, 0.4) is 0 Å². The Hall–Kier alpha value is -5.25. The Morgan fingerprint density at radius 2 is 1.83 bits per heavy atom. The molecule has 0 radical (unpaired) electrons. The Bertz CT molecular complexity index is 2000. The molecule has 0 saturated carbocycles. The summed E-state index contributed by atoms with van der Waals surface area (Å²) in [6.45, 7) is 3.53. The molecule has 3 aromatic carbocycles. The van der Waals surface area contributed by atoms with Crippen LogP contribution in [0.1, 0.15) is 42.3 Å². The van der Waals surface area contributed by atoms with Crippen LogP contribution in [0.15, 0.2) is 76.2 Å².